The first-order valence-corrected chi connectivity index (χ1v) is 11.3. The number of aromatic nitrogens is 2. The van der Waals surface area contributed by atoms with E-state index in [4.69, 9.17) is 14.2 Å². The Labute approximate surface area is 197 Å². The quantitative estimate of drug-likeness (QED) is 0.348. The van der Waals surface area contributed by atoms with Crippen molar-refractivity contribution in [3.8, 4) is 16.9 Å². The van der Waals surface area contributed by atoms with Crippen molar-refractivity contribution in [2.75, 3.05) is 25.1 Å². The van der Waals surface area contributed by atoms with Crippen LogP contribution in [0.5, 0.6) is 5.75 Å². The second-order valence-electron chi connectivity index (χ2n) is 7.32. The van der Waals surface area contributed by atoms with Gasteiger partial charge >= 0.3 is 12.1 Å². The molecule has 34 heavy (non-hydrogen) atoms. The molecule has 0 atom stereocenters. The molecule has 1 aromatic carbocycles. The molecule has 2 heterocycles. The smallest absolute Gasteiger partial charge is 0.411 e. The monoisotopic (exact) mass is 467 g/mol. The number of nitrogens with one attached hydrogen (secondary N) is 1. The summed E-state index contributed by atoms with van der Waals surface area (Å²) >= 11 is 0. The highest BCUT2D eigenvalue weighted by atomic mass is 16.5. The second-order valence-corrected chi connectivity index (χ2v) is 7.32. The van der Waals surface area contributed by atoms with Crippen molar-refractivity contribution in [1.29, 1.82) is 0 Å². The first-order valence-electron chi connectivity index (χ1n) is 11.3. The molecule has 2 aromatic heterocycles. The first kappa shape index (κ1) is 24.8. The molecule has 9 heteroatoms. The van der Waals surface area contributed by atoms with Crippen LogP contribution in [0.25, 0.3) is 22.2 Å². The number of hydrogen-bond acceptors (Lipinski definition) is 7. The van der Waals surface area contributed by atoms with E-state index in [2.05, 4.69) is 10.3 Å². The van der Waals surface area contributed by atoms with Gasteiger partial charge in [0.1, 0.15) is 17.1 Å². The molecule has 3 rings (SSSR count). The number of aryl methyl sites for hydroxylation is 1. The SMILES string of the molecule is CCOC(=O)Nc1c(-c2cccc(OCCCOC(=O)CC)c2)c2cccnc2n(CC)c1=O. The number of pyridine rings is 2. The highest BCUT2D eigenvalue weighted by Crippen LogP contribution is 2.34. The molecule has 0 aliphatic carbocycles. The summed E-state index contributed by atoms with van der Waals surface area (Å²) in [5.41, 5.74) is 1.47. The number of benzene rings is 1. The molecule has 0 unspecified atom stereocenters. The summed E-state index contributed by atoms with van der Waals surface area (Å²) in [6.07, 6.45) is 1.80. The van der Waals surface area contributed by atoms with Gasteiger partial charge in [0.15, 0.2) is 0 Å². The molecule has 9 nitrogen and oxygen atoms in total. The molecule has 1 amide bonds. The van der Waals surface area contributed by atoms with Crippen molar-refractivity contribution in [2.45, 2.75) is 40.2 Å². The van der Waals surface area contributed by atoms with E-state index >= 15 is 0 Å². The number of anilines is 1. The van der Waals surface area contributed by atoms with E-state index in [1.54, 1.807) is 38.2 Å². The summed E-state index contributed by atoms with van der Waals surface area (Å²) in [6, 6.07) is 10.9. The van der Waals surface area contributed by atoms with Gasteiger partial charge in [0.25, 0.3) is 5.56 Å². The molecule has 3 aromatic rings. The molecule has 0 aliphatic heterocycles. The highest BCUT2D eigenvalue weighted by Gasteiger charge is 2.21. The van der Waals surface area contributed by atoms with Gasteiger partial charge in [-0.15, -0.1) is 0 Å². The van der Waals surface area contributed by atoms with Gasteiger partial charge < -0.3 is 14.2 Å². The standard InChI is InChI=1S/C25H29N3O6/c1-4-20(29)34-15-9-14-33-18-11-7-10-17(16-18)21-19-12-8-13-26-23(19)28(5-2)24(30)22(21)27-25(31)32-6-3/h7-8,10-13,16H,4-6,9,14-15H2,1-3H3,(H,27,31). The van der Waals surface area contributed by atoms with Gasteiger partial charge in [-0.2, -0.15) is 0 Å². The lowest BCUT2D eigenvalue weighted by atomic mass is 10.00. The Morgan fingerprint density at radius 2 is 1.88 bits per heavy atom. The molecule has 0 aliphatic rings. The van der Waals surface area contributed by atoms with Crippen molar-refractivity contribution in [3.05, 3.63) is 52.9 Å². The first-order chi connectivity index (χ1) is 16.5. The third kappa shape index (κ3) is 5.72. The fourth-order valence-corrected chi connectivity index (χ4v) is 3.54. The number of esters is 1. The fraction of sp³-hybridized carbons (Fsp3) is 0.360. The third-order valence-electron chi connectivity index (χ3n) is 5.07. The minimum atomic E-state index is -0.708. The molecule has 1 N–H and O–H groups in total. The Morgan fingerprint density at radius 3 is 2.62 bits per heavy atom. The Bertz CT molecular complexity index is 1220. The van der Waals surface area contributed by atoms with E-state index in [0.717, 1.165) is 0 Å². The predicted molar refractivity (Wildman–Crippen MR) is 129 cm³/mol. The molecular formula is C25H29N3O6. The fourth-order valence-electron chi connectivity index (χ4n) is 3.54. The van der Waals surface area contributed by atoms with Crippen LogP contribution in [0.15, 0.2) is 47.4 Å². The maximum absolute atomic E-state index is 13.3. The van der Waals surface area contributed by atoms with Crippen LogP contribution in [0.4, 0.5) is 10.5 Å². The van der Waals surface area contributed by atoms with Crippen molar-refractivity contribution in [2.24, 2.45) is 0 Å². The molecular weight excluding hydrogens is 438 g/mol. The summed E-state index contributed by atoms with van der Waals surface area (Å²) in [5.74, 6) is 0.337. The molecule has 0 radical (unpaired) electrons. The summed E-state index contributed by atoms with van der Waals surface area (Å²) in [5, 5.41) is 3.34. The maximum atomic E-state index is 13.3. The van der Waals surface area contributed by atoms with Gasteiger partial charge in [-0.25, -0.2) is 9.78 Å². The van der Waals surface area contributed by atoms with Crippen LogP contribution >= 0.6 is 0 Å². The van der Waals surface area contributed by atoms with Crippen LogP contribution in [-0.2, 0) is 20.8 Å². The lowest BCUT2D eigenvalue weighted by Gasteiger charge is -2.17. The van der Waals surface area contributed by atoms with E-state index in [1.807, 2.05) is 25.1 Å². The Kier molecular flexibility index (Phi) is 8.61. The van der Waals surface area contributed by atoms with Crippen molar-refractivity contribution < 1.29 is 23.8 Å². The molecule has 0 bridgehead atoms. The van der Waals surface area contributed by atoms with Crippen LogP contribution in [-0.4, -0.2) is 41.4 Å². The zero-order valence-electron chi connectivity index (χ0n) is 19.6. The van der Waals surface area contributed by atoms with E-state index in [1.165, 1.54) is 4.57 Å². The van der Waals surface area contributed by atoms with Crippen LogP contribution in [0.3, 0.4) is 0 Å². The minimum absolute atomic E-state index is 0.115. The zero-order chi connectivity index (χ0) is 24.5. The molecule has 0 saturated heterocycles. The predicted octanol–water partition coefficient (Wildman–Crippen LogP) is 4.37. The summed E-state index contributed by atoms with van der Waals surface area (Å²) in [6.45, 7) is 6.48. The number of rotatable bonds is 10. The lowest BCUT2D eigenvalue weighted by molar-refractivity contribution is -0.143. The molecule has 0 spiro atoms. The van der Waals surface area contributed by atoms with Crippen molar-refractivity contribution in [3.63, 3.8) is 0 Å². The Balaban J connectivity index is 2.00. The number of ether oxygens (including phenoxy) is 3. The van der Waals surface area contributed by atoms with E-state index in [0.29, 0.717) is 53.9 Å². The van der Waals surface area contributed by atoms with Crippen LogP contribution in [0.2, 0.25) is 0 Å². The Hall–Kier alpha value is -3.88. The van der Waals surface area contributed by atoms with Crippen LogP contribution in [0.1, 0.15) is 33.6 Å². The molecule has 0 fully saturated rings. The summed E-state index contributed by atoms with van der Waals surface area (Å²) in [7, 11) is 0. The number of carbonyl (C=O) groups excluding carboxylic acids is 2. The molecule has 0 saturated carbocycles. The van der Waals surface area contributed by atoms with Gasteiger partial charge in [-0.3, -0.25) is 19.5 Å². The number of nitrogens with zero attached hydrogens (tertiary/aromatic N) is 2. The average molecular weight is 468 g/mol. The third-order valence-corrected chi connectivity index (χ3v) is 5.07. The summed E-state index contributed by atoms with van der Waals surface area (Å²) < 4.78 is 17.4. The lowest BCUT2D eigenvalue weighted by Crippen LogP contribution is -2.27. The largest absolute Gasteiger partial charge is 0.493 e. The minimum Gasteiger partial charge on any atom is -0.493 e. The van der Waals surface area contributed by atoms with Gasteiger partial charge in [-0.1, -0.05) is 19.1 Å². The normalized spacial score (nSPS) is 10.7. The number of hydrogen-bond donors (Lipinski definition) is 1. The van der Waals surface area contributed by atoms with Crippen molar-refractivity contribution in [1.82, 2.24) is 9.55 Å². The average Bonchev–Trinajstić information content (AvgIpc) is 2.84. The number of amides is 1. The van der Waals surface area contributed by atoms with Gasteiger partial charge in [0.05, 0.1) is 19.8 Å². The topological polar surface area (TPSA) is 109 Å². The maximum Gasteiger partial charge on any atom is 0.411 e. The van der Waals surface area contributed by atoms with Gasteiger partial charge in [0, 0.05) is 36.5 Å². The highest BCUT2D eigenvalue weighted by molar-refractivity contribution is 6.03. The van der Waals surface area contributed by atoms with Crippen molar-refractivity contribution >= 4 is 28.8 Å². The van der Waals surface area contributed by atoms with E-state index < -0.39 is 6.09 Å². The molecule has 180 valence electrons. The van der Waals surface area contributed by atoms with Crippen LogP contribution < -0.4 is 15.6 Å². The zero-order valence-corrected chi connectivity index (χ0v) is 19.6. The van der Waals surface area contributed by atoms with E-state index in [-0.39, 0.29) is 30.4 Å². The second kappa shape index (κ2) is 11.8. The van der Waals surface area contributed by atoms with E-state index in [9.17, 15) is 14.4 Å². The van der Waals surface area contributed by atoms with Crippen LogP contribution in [0, 0.1) is 0 Å². The number of fused-ring (bicyclic) bond motifs is 1. The summed E-state index contributed by atoms with van der Waals surface area (Å²) in [4.78, 5) is 41.3. The Morgan fingerprint density at radius 1 is 1.06 bits per heavy atom. The van der Waals surface area contributed by atoms with Gasteiger partial charge in [0.2, 0.25) is 0 Å². The van der Waals surface area contributed by atoms with Gasteiger partial charge in [-0.05, 0) is 43.7 Å². The number of carbonyl (C=O) groups is 2.